The van der Waals surface area contributed by atoms with Gasteiger partial charge in [-0.3, -0.25) is 0 Å². The Kier molecular flexibility index (Phi) is 4.82. The van der Waals surface area contributed by atoms with Crippen LogP contribution in [0.5, 0.6) is 0 Å². The Bertz CT molecular complexity index is 1850. The molecule has 0 saturated carbocycles. The molecular formula is C34H23NO. The molecule has 0 unspecified atom stereocenters. The molecule has 7 rings (SSSR count). The molecule has 7 aromatic rings. The normalized spacial score (nSPS) is 11.3. The molecule has 1 heterocycles. The SMILES string of the molecule is c1ccc(N(c2cccc(-c3ccc4ccccc4c3)c2)c2ccc3c(c2)oc2ccccc23)cc1. The molecule has 0 aliphatic heterocycles. The van der Waals surface area contributed by atoms with Gasteiger partial charge in [0.05, 0.1) is 0 Å². The van der Waals surface area contributed by atoms with Gasteiger partial charge in [0.1, 0.15) is 11.2 Å². The van der Waals surface area contributed by atoms with Crippen LogP contribution >= 0.6 is 0 Å². The number of hydrogen-bond donors (Lipinski definition) is 0. The number of anilines is 3. The zero-order chi connectivity index (χ0) is 23.9. The first kappa shape index (κ1) is 20.5. The molecule has 0 aliphatic carbocycles. The van der Waals surface area contributed by atoms with Crippen LogP contribution in [-0.4, -0.2) is 0 Å². The molecule has 0 atom stereocenters. The van der Waals surface area contributed by atoms with Gasteiger partial charge < -0.3 is 9.32 Å². The van der Waals surface area contributed by atoms with Crippen molar-refractivity contribution < 1.29 is 4.42 Å². The van der Waals surface area contributed by atoms with Crippen LogP contribution in [0, 0.1) is 0 Å². The van der Waals surface area contributed by atoms with Crippen molar-refractivity contribution in [1.82, 2.24) is 0 Å². The van der Waals surface area contributed by atoms with Gasteiger partial charge in [0, 0.05) is 33.9 Å². The number of hydrogen-bond acceptors (Lipinski definition) is 2. The quantitative estimate of drug-likeness (QED) is 0.259. The molecule has 0 fully saturated rings. The summed E-state index contributed by atoms with van der Waals surface area (Å²) in [6.07, 6.45) is 0. The van der Waals surface area contributed by atoms with E-state index in [1.54, 1.807) is 0 Å². The fourth-order valence-electron chi connectivity index (χ4n) is 5.07. The zero-order valence-corrected chi connectivity index (χ0v) is 19.6. The van der Waals surface area contributed by atoms with Crippen molar-refractivity contribution in [1.29, 1.82) is 0 Å². The van der Waals surface area contributed by atoms with Gasteiger partial charge in [0.25, 0.3) is 0 Å². The second-order valence-electron chi connectivity index (χ2n) is 9.06. The van der Waals surface area contributed by atoms with E-state index in [0.29, 0.717) is 0 Å². The Balaban J connectivity index is 1.38. The molecule has 0 amide bonds. The number of rotatable bonds is 4. The summed E-state index contributed by atoms with van der Waals surface area (Å²) in [4.78, 5) is 2.29. The third-order valence-corrected chi connectivity index (χ3v) is 6.82. The molecular weight excluding hydrogens is 438 g/mol. The summed E-state index contributed by atoms with van der Waals surface area (Å²) < 4.78 is 6.22. The van der Waals surface area contributed by atoms with E-state index in [4.69, 9.17) is 4.42 Å². The Labute approximate surface area is 209 Å². The molecule has 0 spiro atoms. The third-order valence-electron chi connectivity index (χ3n) is 6.82. The average Bonchev–Trinajstić information content (AvgIpc) is 3.32. The predicted molar refractivity (Wildman–Crippen MR) is 151 cm³/mol. The molecule has 2 heteroatoms. The van der Waals surface area contributed by atoms with Crippen molar-refractivity contribution >= 4 is 49.8 Å². The fraction of sp³-hybridized carbons (Fsp3) is 0. The van der Waals surface area contributed by atoms with Crippen molar-refractivity contribution in [2.45, 2.75) is 0 Å². The van der Waals surface area contributed by atoms with E-state index in [0.717, 1.165) is 39.0 Å². The fourth-order valence-corrected chi connectivity index (χ4v) is 5.07. The van der Waals surface area contributed by atoms with Crippen molar-refractivity contribution in [2.24, 2.45) is 0 Å². The highest BCUT2D eigenvalue weighted by Gasteiger charge is 2.16. The summed E-state index contributed by atoms with van der Waals surface area (Å²) in [6, 6.07) is 49.1. The monoisotopic (exact) mass is 461 g/mol. The van der Waals surface area contributed by atoms with Gasteiger partial charge in [-0.2, -0.15) is 0 Å². The summed E-state index contributed by atoms with van der Waals surface area (Å²) in [5, 5.41) is 4.77. The largest absolute Gasteiger partial charge is 0.456 e. The topological polar surface area (TPSA) is 16.4 Å². The standard InChI is InChI=1S/C34H23NO/c1-2-12-28(13-3-1)35(30-19-20-32-31-15-6-7-16-33(31)36-34(32)23-30)29-14-8-11-26(22-29)27-18-17-24-9-4-5-10-25(24)21-27/h1-23H. The Hall–Kier alpha value is -4.82. The number of fused-ring (bicyclic) bond motifs is 4. The second kappa shape index (κ2) is 8.44. The van der Waals surface area contributed by atoms with E-state index in [9.17, 15) is 0 Å². The minimum absolute atomic E-state index is 0.889. The molecule has 6 aromatic carbocycles. The lowest BCUT2D eigenvalue weighted by atomic mass is 10.0. The lowest BCUT2D eigenvalue weighted by molar-refractivity contribution is 0.669. The highest BCUT2D eigenvalue weighted by Crippen LogP contribution is 2.39. The summed E-state index contributed by atoms with van der Waals surface area (Å²) in [7, 11) is 0. The van der Waals surface area contributed by atoms with Crippen molar-refractivity contribution in [3.63, 3.8) is 0 Å². The Morgan fingerprint density at radius 2 is 1.08 bits per heavy atom. The van der Waals surface area contributed by atoms with E-state index in [1.807, 2.05) is 12.1 Å². The zero-order valence-electron chi connectivity index (χ0n) is 19.6. The summed E-state index contributed by atoms with van der Waals surface area (Å²) in [5.74, 6) is 0. The third kappa shape index (κ3) is 3.52. The Morgan fingerprint density at radius 3 is 2.00 bits per heavy atom. The van der Waals surface area contributed by atoms with Gasteiger partial charge in [-0.15, -0.1) is 0 Å². The number of benzene rings is 6. The van der Waals surface area contributed by atoms with Gasteiger partial charge in [0.15, 0.2) is 0 Å². The van der Waals surface area contributed by atoms with Crippen LogP contribution in [0.25, 0.3) is 43.8 Å². The highest BCUT2D eigenvalue weighted by molar-refractivity contribution is 6.06. The van der Waals surface area contributed by atoms with Crippen molar-refractivity contribution in [3.8, 4) is 11.1 Å². The first-order chi connectivity index (χ1) is 17.8. The van der Waals surface area contributed by atoms with Crippen LogP contribution in [0.4, 0.5) is 17.1 Å². The first-order valence-electron chi connectivity index (χ1n) is 12.2. The summed E-state index contributed by atoms with van der Waals surface area (Å²) >= 11 is 0. The van der Waals surface area contributed by atoms with E-state index in [2.05, 4.69) is 132 Å². The number of furan rings is 1. The average molecular weight is 462 g/mol. The maximum absolute atomic E-state index is 6.22. The lowest BCUT2D eigenvalue weighted by Gasteiger charge is -2.26. The van der Waals surface area contributed by atoms with Gasteiger partial charge in [-0.05, 0) is 70.4 Å². The molecule has 0 bridgehead atoms. The number of para-hydroxylation sites is 2. The Morgan fingerprint density at radius 1 is 0.389 bits per heavy atom. The van der Waals surface area contributed by atoms with E-state index < -0.39 is 0 Å². The lowest BCUT2D eigenvalue weighted by Crippen LogP contribution is -2.09. The smallest absolute Gasteiger partial charge is 0.137 e. The molecule has 0 saturated heterocycles. The molecule has 36 heavy (non-hydrogen) atoms. The van der Waals surface area contributed by atoms with Gasteiger partial charge in [-0.1, -0.05) is 84.9 Å². The van der Waals surface area contributed by atoms with Crippen LogP contribution in [0.15, 0.2) is 144 Å². The van der Waals surface area contributed by atoms with Gasteiger partial charge in [0.2, 0.25) is 0 Å². The van der Waals surface area contributed by atoms with Crippen LogP contribution in [0.3, 0.4) is 0 Å². The van der Waals surface area contributed by atoms with Gasteiger partial charge in [-0.25, -0.2) is 0 Å². The minimum Gasteiger partial charge on any atom is -0.456 e. The molecule has 0 aliphatic rings. The molecule has 0 radical (unpaired) electrons. The highest BCUT2D eigenvalue weighted by atomic mass is 16.3. The second-order valence-corrected chi connectivity index (χ2v) is 9.06. The minimum atomic E-state index is 0.889. The van der Waals surface area contributed by atoms with Crippen LogP contribution in [0.2, 0.25) is 0 Å². The van der Waals surface area contributed by atoms with Crippen molar-refractivity contribution in [2.75, 3.05) is 4.90 Å². The first-order valence-corrected chi connectivity index (χ1v) is 12.2. The number of nitrogens with zero attached hydrogens (tertiary/aromatic N) is 1. The van der Waals surface area contributed by atoms with E-state index in [1.165, 1.54) is 21.9 Å². The van der Waals surface area contributed by atoms with E-state index >= 15 is 0 Å². The maximum atomic E-state index is 6.22. The summed E-state index contributed by atoms with van der Waals surface area (Å²) in [6.45, 7) is 0. The maximum Gasteiger partial charge on any atom is 0.137 e. The molecule has 0 N–H and O–H groups in total. The summed E-state index contributed by atoms with van der Waals surface area (Å²) in [5.41, 5.74) is 7.45. The van der Waals surface area contributed by atoms with E-state index in [-0.39, 0.29) is 0 Å². The molecule has 2 nitrogen and oxygen atoms in total. The predicted octanol–water partition coefficient (Wildman–Crippen LogP) is 9.88. The van der Waals surface area contributed by atoms with Crippen LogP contribution in [0.1, 0.15) is 0 Å². The molecule has 1 aromatic heterocycles. The van der Waals surface area contributed by atoms with Crippen molar-refractivity contribution in [3.05, 3.63) is 140 Å². The van der Waals surface area contributed by atoms with Crippen LogP contribution in [-0.2, 0) is 0 Å². The van der Waals surface area contributed by atoms with Gasteiger partial charge >= 0.3 is 0 Å². The van der Waals surface area contributed by atoms with Crippen LogP contribution < -0.4 is 4.90 Å². The molecule has 170 valence electrons.